The molecule has 0 radical (unpaired) electrons. The van der Waals surface area contributed by atoms with Gasteiger partial charge in [0.1, 0.15) is 0 Å². The van der Waals surface area contributed by atoms with Crippen molar-refractivity contribution >= 4 is 0 Å². The molecule has 0 unspecified atom stereocenters. The van der Waals surface area contributed by atoms with Gasteiger partial charge in [-0.25, -0.2) is 4.68 Å². The Kier molecular flexibility index (Phi) is 4.39. The van der Waals surface area contributed by atoms with Crippen molar-refractivity contribution in [2.24, 2.45) is 0 Å². The number of nitrogens with one attached hydrogen (secondary N) is 1. The third-order valence-corrected chi connectivity index (χ3v) is 4.61. The van der Waals surface area contributed by atoms with Crippen LogP contribution in [0.4, 0.5) is 0 Å². The van der Waals surface area contributed by atoms with E-state index in [4.69, 9.17) is 5.10 Å². The Bertz CT molecular complexity index is 580. The second-order valence-electron chi connectivity index (χ2n) is 6.11. The van der Waals surface area contributed by atoms with Crippen LogP contribution in [-0.4, -0.2) is 15.8 Å². The van der Waals surface area contributed by atoms with E-state index < -0.39 is 0 Å². The monoisotopic (exact) mass is 283 g/mol. The van der Waals surface area contributed by atoms with E-state index in [0.29, 0.717) is 6.04 Å². The van der Waals surface area contributed by atoms with Crippen molar-refractivity contribution < 1.29 is 0 Å². The molecule has 0 spiro atoms. The summed E-state index contributed by atoms with van der Waals surface area (Å²) in [6.07, 6.45) is 6.80. The van der Waals surface area contributed by atoms with Crippen LogP contribution in [0.15, 0.2) is 30.3 Å². The topological polar surface area (TPSA) is 29.9 Å². The summed E-state index contributed by atoms with van der Waals surface area (Å²) in [5.74, 6) is 0. The van der Waals surface area contributed by atoms with Gasteiger partial charge in [0.25, 0.3) is 0 Å². The van der Waals surface area contributed by atoms with Crippen molar-refractivity contribution in [2.45, 2.75) is 58.5 Å². The van der Waals surface area contributed by atoms with Crippen LogP contribution in [0, 0.1) is 13.8 Å². The van der Waals surface area contributed by atoms with E-state index in [1.54, 1.807) is 0 Å². The highest BCUT2D eigenvalue weighted by Crippen LogP contribution is 2.20. The predicted molar refractivity (Wildman–Crippen MR) is 86.8 cm³/mol. The van der Waals surface area contributed by atoms with E-state index >= 15 is 0 Å². The number of hydrogen-bond acceptors (Lipinski definition) is 2. The Labute approximate surface area is 127 Å². The molecule has 0 atom stereocenters. The van der Waals surface area contributed by atoms with E-state index in [1.165, 1.54) is 43.4 Å². The molecule has 0 saturated heterocycles. The van der Waals surface area contributed by atoms with Gasteiger partial charge in [0.2, 0.25) is 0 Å². The lowest BCUT2D eigenvalue weighted by Crippen LogP contribution is -2.30. The summed E-state index contributed by atoms with van der Waals surface area (Å²) in [6.45, 7) is 5.23. The highest BCUT2D eigenvalue weighted by molar-refractivity contribution is 5.36. The highest BCUT2D eigenvalue weighted by Gasteiger charge is 2.16. The number of hydrogen-bond donors (Lipinski definition) is 1. The molecular formula is C18H25N3. The highest BCUT2D eigenvalue weighted by atomic mass is 15.3. The van der Waals surface area contributed by atoms with Crippen LogP contribution in [0.3, 0.4) is 0 Å². The Morgan fingerprint density at radius 3 is 2.52 bits per heavy atom. The van der Waals surface area contributed by atoms with Gasteiger partial charge in [-0.15, -0.1) is 0 Å². The van der Waals surface area contributed by atoms with Crippen LogP contribution in [0.25, 0.3) is 5.69 Å². The largest absolute Gasteiger partial charge is 0.310 e. The summed E-state index contributed by atoms with van der Waals surface area (Å²) in [5, 5.41) is 8.45. The van der Waals surface area contributed by atoms with Crippen LogP contribution in [0.5, 0.6) is 0 Å². The average Bonchev–Trinajstić information content (AvgIpc) is 2.82. The lowest BCUT2D eigenvalue weighted by atomic mass is 9.95. The molecule has 1 aromatic carbocycles. The normalized spacial score (nSPS) is 16.3. The molecule has 1 N–H and O–H groups in total. The van der Waals surface area contributed by atoms with Crippen LogP contribution in [0.2, 0.25) is 0 Å². The van der Waals surface area contributed by atoms with E-state index in [9.17, 15) is 0 Å². The van der Waals surface area contributed by atoms with E-state index in [2.05, 4.69) is 48.1 Å². The van der Waals surface area contributed by atoms with Crippen LogP contribution in [-0.2, 0) is 6.54 Å². The molecule has 0 aliphatic heterocycles. The minimum Gasteiger partial charge on any atom is -0.310 e. The van der Waals surface area contributed by atoms with Gasteiger partial charge in [0, 0.05) is 23.8 Å². The molecule has 3 heteroatoms. The van der Waals surface area contributed by atoms with Gasteiger partial charge in [-0.3, -0.25) is 0 Å². The second-order valence-corrected chi connectivity index (χ2v) is 6.11. The zero-order valence-corrected chi connectivity index (χ0v) is 13.1. The summed E-state index contributed by atoms with van der Waals surface area (Å²) in [6, 6.07) is 11.1. The first kappa shape index (κ1) is 14.3. The summed E-state index contributed by atoms with van der Waals surface area (Å²) in [7, 11) is 0. The number of aryl methyl sites for hydroxylation is 1. The summed E-state index contributed by atoms with van der Waals surface area (Å²) >= 11 is 0. The van der Waals surface area contributed by atoms with Crippen molar-refractivity contribution in [3.63, 3.8) is 0 Å². The molecule has 1 saturated carbocycles. The first-order valence-corrected chi connectivity index (χ1v) is 8.09. The molecule has 1 aromatic heterocycles. The van der Waals surface area contributed by atoms with Crippen LogP contribution < -0.4 is 5.32 Å². The van der Waals surface area contributed by atoms with Crippen molar-refractivity contribution in [1.82, 2.24) is 15.1 Å². The number of nitrogens with zero attached hydrogens (tertiary/aromatic N) is 2. The molecule has 1 fully saturated rings. The third-order valence-electron chi connectivity index (χ3n) is 4.61. The molecule has 1 heterocycles. The fraction of sp³-hybridized carbons (Fsp3) is 0.500. The average molecular weight is 283 g/mol. The van der Waals surface area contributed by atoms with Gasteiger partial charge in [0.15, 0.2) is 0 Å². The smallest absolute Gasteiger partial charge is 0.0648 e. The number of rotatable bonds is 4. The minimum absolute atomic E-state index is 0.692. The molecule has 112 valence electrons. The first-order valence-electron chi connectivity index (χ1n) is 8.09. The molecule has 3 nitrogen and oxygen atoms in total. The first-order chi connectivity index (χ1) is 10.3. The molecule has 1 aliphatic rings. The van der Waals surface area contributed by atoms with Gasteiger partial charge in [-0.1, -0.05) is 37.5 Å². The Hall–Kier alpha value is -1.61. The van der Waals surface area contributed by atoms with Gasteiger partial charge < -0.3 is 5.32 Å². The Morgan fingerprint density at radius 2 is 1.81 bits per heavy atom. The molecule has 21 heavy (non-hydrogen) atoms. The van der Waals surface area contributed by atoms with Gasteiger partial charge in [0.05, 0.1) is 11.4 Å². The maximum atomic E-state index is 4.72. The number of para-hydroxylation sites is 1. The SMILES string of the molecule is Cc1nn(-c2ccccc2)c(C)c1CNC1CCCCC1. The summed E-state index contributed by atoms with van der Waals surface area (Å²) in [5.41, 5.74) is 4.88. The summed E-state index contributed by atoms with van der Waals surface area (Å²) < 4.78 is 2.06. The van der Waals surface area contributed by atoms with Crippen molar-refractivity contribution in [2.75, 3.05) is 0 Å². The molecule has 2 aromatic rings. The number of benzene rings is 1. The molecule has 1 aliphatic carbocycles. The number of aromatic nitrogens is 2. The maximum absolute atomic E-state index is 4.72. The van der Waals surface area contributed by atoms with E-state index in [-0.39, 0.29) is 0 Å². The standard InChI is InChI=1S/C18H25N3/c1-14-18(13-19-16-9-5-3-6-10-16)15(2)21(20-14)17-11-7-4-8-12-17/h4,7-8,11-12,16,19H,3,5-6,9-10,13H2,1-2H3. The maximum Gasteiger partial charge on any atom is 0.0648 e. The Balaban J connectivity index is 1.75. The van der Waals surface area contributed by atoms with Gasteiger partial charge in [-0.05, 0) is 38.8 Å². The van der Waals surface area contributed by atoms with Crippen molar-refractivity contribution in [3.8, 4) is 5.69 Å². The lowest BCUT2D eigenvalue weighted by Gasteiger charge is -2.22. The quantitative estimate of drug-likeness (QED) is 0.922. The van der Waals surface area contributed by atoms with Crippen molar-refractivity contribution in [1.29, 1.82) is 0 Å². The summed E-state index contributed by atoms with van der Waals surface area (Å²) in [4.78, 5) is 0. The molecule has 3 rings (SSSR count). The fourth-order valence-corrected chi connectivity index (χ4v) is 3.30. The fourth-order valence-electron chi connectivity index (χ4n) is 3.30. The molecule has 0 amide bonds. The van der Waals surface area contributed by atoms with Crippen LogP contribution >= 0.6 is 0 Å². The molecular weight excluding hydrogens is 258 g/mol. The van der Waals surface area contributed by atoms with E-state index in [1.807, 2.05) is 6.07 Å². The predicted octanol–water partition coefficient (Wildman–Crippen LogP) is 3.91. The zero-order chi connectivity index (χ0) is 14.7. The van der Waals surface area contributed by atoms with Gasteiger partial charge in [-0.2, -0.15) is 5.10 Å². The van der Waals surface area contributed by atoms with Crippen LogP contribution in [0.1, 0.15) is 49.1 Å². The third kappa shape index (κ3) is 3.18. The zero-order valence-electron chi connectivity index (χ0n) is 13.1. The van der Waals surface area contributed by atoms with Crippen molar-refractivity contribution in [3.05, 3.63) is 47.3 Å². The lowest BCUT2D eigenvalue weighted by molar-refractivity contribution is 0.372. The second kappa shape index (κ2) is 6.44. The minimum atomic E-state index is 0.692. The Morgan fingerprint density at radius 1 is 1.10 bits per heavy atom. The molecule has 0 bridgehead atoms. The van der Waals surface area contributed by atoms with Gasteiger partial charge >= 0.3 is 0 Å². The van der Waals surface area contributed by atoms with E-state index in [0.717, 1.165) is 17.9 Å².